The number of aryl methyl sites for hydroxylation is 2. The Balaban J connectivity index is 0. The standard InChI is InChI=1S/C15H13BrFNO4S.C8H5BrFNO4.C8H7BrFNO2.C7H3BrFNO4.C7H4BrFO2.C7H7ClO2S.CH4.Cl2OS.HNO3/c1-9-3-5-11(6-4-9)23(20,21)18-13-8-10(17)7-12(14(13)16)15(19)22-2;1-15-8(12)5-2-4(10)3-6(7(5)9)11(13)14;1-13-8(12)5-2-4(10)3-6(11)7(5)9;8-6-4(7(11)12)1-3(9)2-5(6)10(13)14;8-6-2-1-4(9)3-5(6)7(10)11;1-6-2-4-7(5-3-6)11(8,9)10;;1-4(2)3;2-1(3)4/h3-8,18H,1-2H3;2-3H,1H3;2-3H,11H2,1H3;1-2H,(H,11,12);1-3H,(H,10,11);2-5H,1H3;1H4;;(H,2,3,4). The number of nitrogens with one attached hydrogen (secondary N) is 1. The van der Waals surface area contributed by atoms with Gasteiger partial charge in [-0.2, -0.15) is 0 Å². The van der Waals surface area contributed by atoms with Gasteiger partial charge in [0.15, 0.2) is 0 Å². The van der Waals surface area contributed by atoms with Crippen molar-refractivity contribution in [1.82, 2.24) is 0 Å². The Labute approximate surface area is 598 Å². The largest absolute Gasteiger partial charge is 0.478 e. The van der Waals surface area contributed by atoms with E-state index >= 15 is 0 Å². The molecule has 0 heterocycles. The van der Waals surface area contributed by atoms with Gasteiger partial charge in [-0.1, -0.05) is 42.8 Å². The molecule has 7 aromatic carbocycles. The molecule has 27 nitrogen and oxygen atoms in total. The number of nitrogens with two attached hydrogens (primary N) is 1. The van der Waals surface area contributed by atoms with Crippen LogP contribution in [0.5, 0.6) is 0 Å². The molecule has 0 saturated carbocycles. The van der Waals surface area contributed by atoms with Crippen molar-refractivity contribution in [2.75, 3.05) is 31.8 Å². The van der Waals surface area contributed by atoms with Crippen LogP contribution in [0.15, 0.2) is 147 Å². The Morgan fingerprint density at radius 3 is 1.19 bits per heavy atom. The first-order chi connectivity index (χ1) is 43.8. The Morgan fingerprint density at radius 1 is 0.531 bits per heavy atom. The fourth-order valence-electron chi connectivity index (χ4n) is 5.90. The zero-order chi connectivity index (χ0) is 73.7. The van der Waals surface area contributed by atoms with Gasteiger partial charge in [-0.3, -0.25) is 25.0 Å². The first kappa shape index (κ1) is 90.5. The van der Waals surface area contributed by atoms with Crippen molar-refractivity contribution in [2.24, 2.45) is 0 Å². The van der Waals surface area contributed by atoms with Crippen LogP contribution in [0, 0.1) is 73.3 Å². The Morgan fingerprint density at radius 2 is 0.844 bits per heavy atom. The molecule has 0 aliphatic carbocycles. The number of ether oxygens (including phenoxy) is 3. The van der Waals surface area contributed by atoms with Gasteiger partial charge >= 0.3 is 29.8 Å². The highest BCUT2D eigenvalue weighted by molar-refractivity contribution is 9.11. The number of carbonyl (C=O) groups is 5. The van der Waals surface area contributed by atoms with Crippen LogP contribution in [0.3, 0.4) is 0 Å². The molecule has 0 saturated heterocycles. The molecule has 0 aliphatic rings. The monoisotopic (exact) mass is 1790 g/mol. The summed E-state index contributed by atoms with van der Waals surface area (Å²) in [6, 6.07) is 23.1. The second kappa shape index (κ2) is 42.9. The first-order valence-electron chi connectivity index (χ1n) is 23.6. The predicted octanol–water partition coefficient (Wildman–Crippen LogP) is 15.5. The van der Waals surface area contributed by atoms with E-state index in [0.29, 0.717) is 21.1 Å². The number of hydrogen-bond donors (Lipinski definition) is 5. The Hall–Kier alpha value is -7.54. The molecule has 0 radical (unpaired) electrons. The third kappa shape index (κ3) is 32.0. The van der Waals surface area contributed by atoms with Crippen molar-refractivity contribution in [3.63, 3.8) is 0 Å². The van der Waals surface area contributed by atoms with E-state index in [4.69, 9.17) is 46.2 Å². The SMILES string of the molecule is C.COC(=O)c1cc(F)cc(N)c1Br.COC(=O)c1cc(F)cc(NS(=O)(=O)c2ccc(C)cc2)c1Br.COC(=O)c1cc(F)cc([N+](=O)[O-])c1Br.Cc1ccc(S(=O)(=O)Cl)cc1.O=C(O)c1cc(F)cc([N+](=O)[O-])c1Br.O=C(O)c1cc(F)ccc1Br.O=S(Cl)Cl.O=[N+]([O-])O. The average Bonchev–Trinajstić information content (AvgIpc) is 0.915. The third-order valence-corrected chi connectivity index (χ3v) is 16.9. The third-order valence-electron chi connectivity index (χ3n) is 10.0. The van der Waals surface area contributed by atoms with Gasteiger partial charge in [-0.15, -0.1) is 10.1 Å². The minimum Gasteiger partial charge on any atom is -0.478 e. The maximum atomic E-state index is 13.7. The number of carboxylic acid groups (broad SMARTS) is 2. The highest BCUT2D eigenvalue weighted by atomic mass is 79.9. The van der Waals surface area contributed by atoms with Gasteiger partial charge in [0.25, 0.3) is 35.5 Å². The number of nitro benzene ring substituents is 2. The zero-order valence-corrected chi connectivity index (χ0v) is 60.3. The predicted molar refractivity (Wildman–Crippen MR) is 358 cm³/mol. The van der Waals surface area contributed by atoms with E-state index in [-0.39, 0.29) is 64.3 Å². The van der Waals surface area contributed by atoms with Gasteiger partial charge in [0.1, 0.15) is 38.0 Å². The molecular formula is C53H44Br5Cl3F5N5O22S3. The van der Waals surface area contributed by atoms with Crippen molar-refractivity contribution in [3.05, 3.63) is 236 Å². The van der Waals surface area contributed by atoms with Crippen LogP contribution >= 0.6 is 112 Å². The van der Waals surface area contributed by atoms with Crippen LogP contribution in [-0.4, -0.2) is 103 Å². The lowest BCUT2D eigenvalue weighted by Crippen LogP contribution is -2.15. The number of nitrogen functional groups attached to an aromatic ring is 1. The summed E-state index contributed by atoms with van der Waals surface area (Å²) in [6.07, 6.45) is 0. The van der Waals surface area contributed by atoms with E-state index in [1.54, 1.807) is 24.3 Å². The maximum absolute atomic E-state index is 13.7. The molecule has 96 heavy (non-hydrogen) atoms. The van der Waals surface area contributed by atoms with E-state index in [9.17, 15) is 83.0 Å². The van der Waals surface area contributed by atoms with E-state index in [1.165, 1.54) is 43.5 Å². The molecule has 0 unspecified atom stereocenters. The number of sulfonamides is 1. The number of halogens is 13. The van der Waals surface area contributed by atoms with Gasteiger partial charge < -0.3 is 35.4 Å². The van der Waals surface area contributed by atoms with E-state index < -0.39 is 119 Å². The smallest absolute Gasteiger partial charge is 0.339 e. The first-order valence-corrected chi connectivity index (χ1v) is 34.2. The summed E-state index contributed by atoms with van der Waals surface area (Å²) in [4.78, 5) is 82.4. The van der Waals surface area contributed by atoms with Crippen LogP contribution in [-0.2, 0) is 42.5 Å². The van der Waals surface area contributed by atoms with Crippen molar-refractivity contribution in [3.8, 4) is 0 Å². The van der Waals surface area contributed by atoms with E-state index in [0.717, 1.165) is 67.8 Å². The van der Waals surface area contributed by atoms with Gasteiger partial charge in [-0.05, 0) is 172 Å². The van der Waals surface area contributed by atoms with Gasteiger partial charge in [0.05, 0.1) is 95.5 Å². The number of hydrogen-bond acceptors (Lipinski definition) is 20. The molecule has 43 heteroatoms. The average molecular weight is 1800 g/mol. The number of carboxylic acids is 2. The Bertz CT molecular complexity index is 4190. The number of anilines is 2. The van der Waals surface area contributed by atoms with Gasteiger partial charge in [0, 0.05) is 42.2 Å². The fraction of sp³-hybridized carbons (Fsp3) is 0.113. The van der Waals surface area contributed by atoms with Crippen LogP contribution in [0.25, 0.3) is 0 Å². The zero-order valence-electron chi connectivity index (χ0n) is 47.6. The number of benzene rings is 7. The van der Waals surface area contributed by atoms with E-state index in [1.807, 2.05) is 13.8 Å². The van der Waals surface area contributed by atoms with E-state index in [2.05, 4.69) is 120 Å². The summed E-state index contributed by atoms with van der Waals surface area (Å²) < 4.78 is 136. The molecule has 0 bridgehead atoms. The summed E-state index contributed by atoms with van der Waals surface area (Å²) in [5.74, 6) is -8.55. The van der Waals surface area contributed by atoms with Crippen LogP contribution < -0.4 is 10.5 Å². The normalized spacial score (nSPS) is 9.99. The lowest BCUT2D eigenvalue weighted by atomic mass is 10.2. The summed E-state index contributed by atoms with van der Waals surface area (Å²) in [7, 11) is 8.45. The van der Waals surface area contributed by atoms with Crippen LogP contribution in [0.1, 0.15) is 70.3 Å². The highest BCUT2D eigenvalue weighted by Crippen LogP contribution is 2.33. The number of nitrogens with zero attached hydrogens (tertiary/aromatic N) is 3. The minimum absolute atomic E-state index is 0. The van der Waals surface area contributed by atoms with Crippen molar-refractivity contribution in [1.29, 1.82) is 0 Å². The lowest BCUT2D eigenvalue weighted by molar-refractivity contribution is -0.742. The topological polar surface area (TPSA) is 427 Å². The quantitative estimate of drug-likeness (QED) is 0.0153. The van der Waals surface area contributed by atoms with Gasteiger partial charge in [-0.25, -0.2) is 67.0 Å². The molecule has 0 spiro atoms. The summed E-state index contributed by atoms with van der Waals surface area (Å²) in [6.45, 7) is 3.71. The van der Waals surface area contributed by atoms with Crippen molar-refractivity contribution >= 4 is 193 Å². The summed E-state index contributed by atoms with van der Waals surface area (Å²) >= 11 is 14.7. The number of nitro groups is 2. The minimum atomic E-state index is -3.92. The molecular weight excluding hydrogens is 1760 g/mol. The molecule has 0 fully saturated rings. The lowest BCUT2D eigenvalue weighted by Gasteiger charge is -2.12. The molecule has 522 valence electrons. The second-order valence-electron chi connectivity index (χ2n) is 16.6. The second-order valence-corrected chi connectivity index (χ2v) is 27.4. The Kier molecular flexibility index (Phi) is 40.4. The van der Waals surface area contributed by atoms with Crippen molar-refractivity contribution in [2.45, 2.75) is 31.1 Å². The van der Waals surface area contributed by atoms with Crippen LogP contribution in [0.4, 0.5) is 44.7 Å². The number of aromatic carboxylic acids is 2. The highest BCUT2D eigenvalue weighted by Gasteiger charge is 2.25. The number of rotatable bonds is 11. The summed E-state index contributed by atoms with van der Waals surface area (Å²) in [5.41, 5.74) is 5.49. The molecule has 0 atom stereocenters. The fourth-order valence-corrected chi connectivity index (χ4v) is 10.2. The number of carbonyl (C=O) groups excluding carboxylic acids is 3. The molecule has 7 aromatic rings. The van der Waals surface area contributed by atoms with Crippen molar-refractivity contribution < 1.29 is 112 Å². The van der Waals surface area contributed by atoms with Crippen LogP contribution in [0.2, 0.25) is 0 Å². The molecule has 7 rings (SSSR count). The molecule has 0 amide bonds. The molecule has 0 aromatic heterocycles. The van der Waals surface area contributed by atoms with Gasteiger partial charge in [0.2, 0.25) is 9.23 Å². The molecule has 6 N–H and O–H groups in total. The molecule has 0 aliphatic heterocycles. The summed E-state index contributed by atoms with van der Waals surface area (Å²) in [5, 5.41) is 51.6. The number of methoxy groups -OCH3 is 3. The number of esters is 3. The maximum Gasteiger partial charge on any atom is 0.339 e.